The molecule has 2 aromatic carbocycles. The normalized spacial score (nSPS) is 11.4. The van der Waals surface area contributed by atoms with Crippen molar-refractivity contribution in [1.82, 2.24) is 0 Å². The van der Waals surface area contributed by atoms with Crippen LogP contribution >= 0.6 is 23.2 Å². The van der Waals surface area contributed by atoms with E-state index in [-0.39, 0.29) is 21.5 Å². The van der Waals surface area contributed by atoms with Gasteiger partial charge in [-0.3, -0.25) is 4.72 Å². The Balaban J connectivity index is 2.29. The summed E-state index contributed by atoms with van der Waals surface area (Å²) >= 11 is 11.6. The number of nitrogen functional groups attached to an aromatic ring is 1. The van der Waals surface area contributed by atoms with Crippen molar-refractivity contribution in [2.24, 2.45) is 0 Å². The van der Waals surface area contributed by atoms with Gasteiger partial charge in [-0.15, -0.1) is 0 Å². The van der Waals surface area contributed by atoms with Gasteiger partial charge in [-0.25, -0.2) is 12.8 Å². The smallest absolute Gasteiger partial charge is 0.237 e. The van der Waals surface area contributed by atoms with Crippen LogP contribution in [0.1, 0.15) is 5.56 Å². The molecule has 0 amide bonds. The Morgan fingerprint density at radius 2 is 1.71 bits per heavy atom. The summed E-state index contributed by atoms with van der Waals surface area (Å²) in [7, 11) is -3.79. The van der Waals surface area contributed by atoms with Gasteiger partial charge in [-0.05, 0) is 23.8 Å². The van der Waals surface area contributed by atoms with Crippen LogP contribution in [0.2, 0.25) is 10.0 Å². The zero-order valence-corrected chi connectivity index (χ0v) is 12.9. The average Bonchev–Trinajstić information content (AvgIpc) is 2.36. The lowest BCUT2D eigenvalue weighted by atomic mass is 10.2. The molecule has 0 atom stereocenters. The zero-order valence-electron chi connectivity index (χ0n) is 10.6. The second-order valence-corrected chi connectivity index (χ2v) is 6.84. The molecule has 0 bridgehead atoms. The van der Waals surface area contributed by atoms with Gasteiger partial charge < -0.3 is 5.73 Å². The maximum atomic E-state index is 13.1. The minimum atomic E-state index is -3.79. The van der Waals surface area contributed by atoms with E-state index in [1.165, 1.54) is 0 Å². The van der Waals surface area contributed by atoms with Crippen molar-refractivity contribution in [1.29, 1.82) is 0 Å². The fraction of sp³-hybridized carbons (Fsp3) is 0.0769. The van der Waals surface area contributed by atoms with Crippen molar-refractivity contribution in [2.75, 3.05) is 10.5 Å². The Morgan fingerprint density at radius 3 is 2.29 bits per heavy atom. The van der Waals surface area contributed by atoms with Crippen LogP contribution in [0.3, 0.4) is 0 Å². The summed E-state index contributed by atoms with van der Waals surface area (Å²) < 4.78 is 39.6. The molecule has 0 saturated heterocycles. The number of nitrogens with one attached hydrogen (secondary N) is 1. The van der Waals surface area contributed by atoms with Gasteiger partial charge >= 0.3 is 0 Å². The summed E-state index contributed by atoms with van der Waals surface area (Å²) in [5, 5.41) is -0.241. The van der Waals surface area contributed by atoms with Gasteiger partial charge in [-0.2, -0.15) is 0 Å². The van der Waals surface area contributed by atoms with Crippen molar-refractivity contribution in [3.63, 3.8) is 0 Å². The van der Waals surface area contributed by atoms with E-state index in [0.717, 1.165) is 12.1 Å². The topological polar surface area (TPSA) is 72.2 Å². The van der Waals surface area contributed by atoms with Crippen LogP contribution < -0.4 is 10.5 Å². The molecule has 21 heavy (non-hydrogen) atoms. The molecule has 112 valence electrons. The zero-order chi connectivity index (χ0) is 15.6. The Labute approximate surface area is 131 Å². The van der Waals surface area contributed by atoms with E-state index < -0.39 is 15.8 Å². The monoisotopic (exact) mass is 348 g/mol. The van der Waals surface area contributed by atoms with Crippen molar-refractivity contribution in [2.45, 2.75) is 5.75 Å². The van der Waals surface area contributed by atoms with E-state index in [4.69, 9.17) is 28.9 Å². The number of para-hydroxylation sites is 1. The predicted octanol–water partition coefficient (Wildman–Crippen LogP) is 3.66. The SMILES string of the molecule is Nc1ccccc1CS(=O)(=O)Nc1c(Cl)cc(F)cc1Cl. The summed E-state index contributed by atoms with van der Waals surface area (Å²) in [6, 6.07) is 8.53. The lowest BCUT2D eigenvalue weighted by Crippen LogP contribution is -2.16. The highest BCUT2D eigenvalue weighted by Crippen LogP contribution is 2.32. The first kappa shape index (κ1) is 15.9. The summed E-state index contributed by atoms with van der Waals surface area (Å²) in [5.41, 5.74) is 6.45. The second kappa shape index (κ2) is 6.09. The third kappa shape index (κ3) is 4.00. The molecule has 0 aliphatic heterocycles. The number of halogens is 3. The van der Waals surface area contributed by atoms with Crippen molar-refractivity contribution in [3.05, 3.63) is 57.8 Å². The van der Waals surface area contributed by atoms with Crippen LogP contribution in [-0.4, -0.2) is 8.42 Å². The molecule has 0 radical (unpaired) electrons. The van der Waals surface area contributed by atoms with Crippen LogP contribution in [0.4, 0.5) is 15.8 Å². The number of benzene rings is 2. The molecule has 4 nitrogen and oxygen atoms in total. The van der Waals surface area contributed by atoms with Crippen molar-refractivity contribution in [3.8, 4) is 0 Å². The molecule has 8 heteroatoms. The Hall–Kier alpha value is -1.50. The standard InChI is InChI=1S/C13H11Cl2FN2O2S/c14-10-5-9(16)6-11(15)13(10)18-21(19,20)7-8-3-1-2-4-12(8)17/h1-6,18H,7,17H2. The molecule has 0 spiro atoms. The summed E-state index contributed by atoms with van der Waals surface area (Å²) in [6.07, 6.45) is 0. The van der Waals surface area contributed by atoms with Gasteiger partial charge in [0.15, 0.2) is 0 Å². The Kier molecular flexibility index (Phi) is 4.61. The minimum Gasteiger partial charge on any atom is -0.398 e. The molecular formula is C13H11Cl2FN2O2S. The number of anilines is 2. The first-order valence-electron chi connectivity index (χ1n) is 5.77. The quantitative estimate of drug-likeness (QED) is 0.828. The lowest BCUT2D eigenvalue weighted by molar-refractivity contribution is 0.600. The highest BCUT2D eigenvalue weighted by Gasteiger charge is 2.18. The molecule has 0 saturated carbocycles. The largest absolute Gasteiger partial charge is 0.398 e. The fourth-order valence-electron chi connectivity index (χ4n) is 1.70. The van der Waals surface area contributed by atoms with E-state index in [2.05, 4.69) is 4.72 Å². The van der Waals surface area contributed by atoms with Crippen LogP contribution in [0.15, 0.2) is 36.4 Å². The van der Waals surface area contributed by atoms with Crippen LogP contribution in [0.25, 0.3) is 0 Å². The van der Waals surface area contributed by atoms with Gasteiger partial charge in [0.1, 0.15) is 5.82 Å². The highest BCUT2D eigenvalue weighted by molar-refractivity contribution is 7.92. The molecular weight excluding hydrogens is 338 g/mol. The van der Waals surface area contributed by atoms with E-state index in [1.54, 1.807) is 24.3 Å². The van der Waals surface area contributed by atoms with Crippen LogP contribution in [-0.2, 0) is 15.8 Å². The molecule has 0 aliphatic carbocycles. The molecule has 0 heterocycles. The number of hydrogen-bond acceptors (Lipinski definition) is 3. The first-order valence-corrected chi connectivity index (χ1v) is 8.18. The molecule has 2 rings (SSSR count). The number of sulfonamides is 1. The molecule has 2 aromatic rings. The third-order valence-electron chi connectivity index (χ3n) is 2.67. The lowest BCUT2D eigenvalue weighted by Gasteiger charge is -2.12. The van der Waals surface area contributed by atoms with Gasteiger partial charge in [0.2, 0.25) is 10.0 Å². The maximum absolute atomic E-state index is 13.1. The number of nitrogens with two attached hydrogens (primary N) is 1. The van der Waals surface area contributed by atoms with Crippen molar-refractivity contribution >= 4 is 44.6 Å². The van der Waals surface area contributed by atoms with E-state index >= 15 is 0 Å². The molecule has 0 aliphatic rings. The summed E-state index contributed by atoms with van der Waals surface area (Å²) in [5.74, 6) is -0.996. The summed E-state index contributed by atoms with van der Waals surface area (Å²) in [4.78, 5) is 0. The second-order valence-electron chi connectivity index (χ2n) is 4.30. The highest BCUT2D eigenvalue weighted by atomic mass is 35.5. The number of hydrogen-bond donors (Lipinski definition) is 2. The Bertz CT molecular complexity index is 758. The molecule has 0 aromatic heterocycles. The van der Waals surface area contributed by atoms with Gasteiger partial charge in [0, 0.05) is 5.69 Å². The van der Waals surface area contributed by atoms with Crippen LogP contribution in [0.5, 0.6) is 0 Å². The minimum absolute atomic E-state index is 0.0609. The molecule has 0 unspecified atom stereocenters. The third-order valence-corrected chi connectivity index (χ3v) is 4.47. The van der Waals surface area contributed by atoms with E-state index in [0.29, 0.717) is 11.3 Å². The summed E-state index contributed by atoms with van der Waals surface area (Å²) in [6.45, 7) is 0. The van der Waals surface area contributed by atoms with Gasteiger partial charge in [0.25, 0.3) is 0 Å². The average molecular weight is 349 g/mol. The van der Waals surface area contributed by atoms with Gasteiger partial charge in [0.05, 0.1) is 21.5 Å². The van der Waals surface area contributed by atoms with E-state index in [1.807, 2.05) is 0 Å². The first-order chi connectivity index (χ1) is 9.78. The van der Waals surface area contributed by atoms with Gasteiger partial charge in [-0.1, -0.05) is 41.4 Å². The van der Waals surface area contributed by atoms with Crippen LogP contribution in [0, 0.1) is 5.82 Å². The molecule has 3 N–H and O–H groups in total. The Morgan fingerprint density at radius 1 is 1.14 bits per heavy atom. The van der Waals surface area contributed by atoms with E-state index in [9.17, 15) is 12.8 Å². The maximum Gasteiger partial charge on any atom is 0.237 e. The number of rotatable bonds is 4. The molecule has 0 fully saturated rings. The van der Waals surface area contributed by atoms with Crippen molar-refractivity contribution < 1.29 is 12.8 Å². The fourth-order valence-corrected chi connectivity index (χ4v) is 3.64. The predicted molar refractivity (Wildman–Crippen MR) is 83.5 cm³/mol.